The normalized spacial score (nSPS) is 18.8. The van der Waals surface area contributed by atoms with Crippen molar-refractivity contribution in [3.8, 4) is 0 Å². The molecular formula is C21H34N6O2S. The van der Waals surface area contributed by atoms with Gasteiger partial charge in [0.05, 0.1) is 5.75 Å². The van der Waals surface area contributed by atoms with E-state index >= 15 is 0 Å². The van der Waals surface area contributed by atoms with E-state index in [1.165, 1.54) is 31.3 Å². The molecule has 1 fully saturated rings. The van der Waals surface area contributed by atoms with Crippen LogP contribution in [-0.2, 0) is 10.0 Å². The second kappa shape index (κ2) is 11.3. The number of piperazine rings is 1. The molecule has 0 spiro atoms. The minimum Gasteiger partial charge on any atom is -0.356 e. The zero-order chi connectivity index (χ0) is 21.2. The largest absolute Gasteiger partial charge is 0.356 e. The number of allylic oxidation sites excluding steroid dienone is 1. The first-order valence-electron chi connectivity index (χ1n) is 10.8. The van der Waals surface area contributed by atoms with Crippen molar-refractivity contribution in [2.45, 2.75) is 32.1 Å². The summed E-state index contributed by atoms with van der Waals surface area (Å²) in [7, 11) is -1.59. The van der Waals surface area contributed by atoms with Crippen molar-refractivity contribution in [2.24, 2.45) is 4.99 Å². The smallest absolute Gasteiger partial charge is 0.215 e. The van der Waals surface area contributed by atoms with E-state index < -0.39 is 10.0 Å². The molecule has 166 valence electrons. The van der Waals surface area contributed by atoms with Gasteiger partial charge >= 0.3 is 0 Å². The van der Waals surface area contributed by atoms with Gasteiger partial charge in [0.25, 0.3) is 0 Å². The molecule has 1 saturated heterocycles. The Labute approximate surface area is 180 Å². The maximum absolute atomic E-state index is 12.7. The zero-order valence-electron chi connectivity index (χ0n) is 17.9. The van der Waals surface area contributed by atoms with Crippen molar-refractivity contribution in [1.82, 2.24) is 19.9 Å². The van der Waals surface area contributed by atoms with E-state index in [-0.39, 0.29) is 5.75 Å². The molecule has 8 nitrogen and oxygen atoms in total. The van der Waals surface area contributed by atoms with Crippen molar-refractivity contribution in [3.63, 3.8) is 0 Å². The average Bonchev–Trinajstić information content (AvgIpc) is 2.79. The van der Waals surface area contributed by atoms with Gasteiger partial charge in [-0.2, -0.15) is 4.31 Å². The fourth-order valence-electron chi connectivity index (χ4n) is 3.86. The molecule has 0 aromatic carbocycles. The fraction of sp³-hybridized carbons (Fsp3) is 0.619. The maximum Gasteiger partial charge on any atom is 0.215 e. The first kappa shape index (κ1) is 22.6. The van der Waals surface area contributed by atoms with Crippen molar-refractivity contribution in [1.29, 1.82) is 0 Å². The predicted molar refractivity (Wildman–Crippen MR) is 122 cm³/mol. The topological polar surface area (TPSA) is 89.9 Å². The third-order valence-electron chi connectivity index (χ3n) is 5.60. The van der Waals surface area contributed by atoms with Crippen LogP contribution in [0.4, 0.5) is 5.82 Å². The molecule has 2 aliphatic rings. The Morgan fingerprint density at radius 3 is 2.60 bits per heavy atom. The van der Waals surface area contributed by atoms with Crippen LogP contribution >= 0.6 is 0 Å². The van der Waals surface area contributed by atoms with E-state index in [1.54, 1.807) is 17.5 Å². The Morgan fingerprint density at radius 1 is 1.13 bits per heavy atom. The number of hydrogen-bond donors (Lipinski definition) is 2. The molecule has 0 amide bonds. The summed E-state index contributed by atoms with van der Waals surface area (Å²) in [5.74, 6) is 1.61. The number of hydrogen-bond acceptors (Lipinski definition) is 5. The quantitative estimate of drug-likeness (QED) is 0.367. The maximum atomic E-state index is 12.7. The van der Waals surface area contributed by atoms with Crippen molar-refractivity contribution < 1.29 is 8.42 Å². The number of aromatic nitrogens is 1. The minimum absolute atomic E-state index is 0.0580. The first-order valence-corrected chi connectivity index (χ1v) is 12.5. The Morgan fingerprint density at radius 2 is 1.93 bits per heavy atom. The molecule has 0 atom stereocenters. The van der Waals surface area contributed by atoms with E-state index in [4.69, 9.17) is 0 Å². The highest BCUT2D eigenvalue weighted by Crippen LogP contribution is 2.19. The van der Waals surface area contributed by atoms with E-state index in [9.17, 15) is 8.42 Å². The number of anilines is 1. The van der Waals surface area contributed by atoms with Crippen LogP contribution in [0.2, 0.25) is 0 Å². The van der Waals surface area contributed by atoms with E-state index in [1.807, 2.05) is 18.2 Å². The number of nitrogens with zero attached hydrogens (tertiary/aromatic N) is 4. The number of aliphatic imine (C=N–C) groups is 1. The molecule has 0 saturated carbocycles. The number of rotatable bonds is 8. The first-order chi connectivity index (χ1) is 14.6. The summed E-state index contributed by atoms with van der Waals surface area (Å²) in [6, 6.07) is 5.79. The SMILES string of the molecule is CN=C(NCCC1=CCCCC1)NCCS(=O)(=O)N1CCN(c2ccccn2)CC1. The Kier molecular flexibility index (Phi) is 8.50. The third-order valence-corrected chi connectivity index (χ3v) is 7.48. The van der Waals surface area contributed by atoms with Gasteiger partial charge < -0.3 is 15.5 Å². The third kappa shape index (κ3) is 6.70. The van der Waals surface area contributed by atoms with Gasteiger partial charge in [0.15, 0.2) is 5.96 Å². The van der Waals surface area contributed by atoms with E-state index in [0.29, 0.717) is 38.7 Å². The molecule has 1 aliphatic heterocycles. The van der Waals surface area contributed by atoms with Crippen LogP contribution in [0.3, 0.4) is 0 Å². The molecule has 30 heavy (non-hydrogen) atoms. The van der Waals surface area contributed by atoms with Gasteiger partial charge in [-0.25, -0.2) is 13.4 Å². The molecule has 0 radical (unpaired) electrons. The summed E-state index contributed by atoms with van der Waals surface area (Å²) in [4.78, 5) is 10.7. The molecule has 9 heteroatoms. The summed E-state index contributed by atoms with van der Waals surface area (Å²) in [6.45, 7) is 3.44. The molecule has 0 unspecified atom stereocenters. The molecule has 1 aliphatic carbocycles. The highest BCUT2D eigenvalue weighted by atomic mass is 32.2. The monoisotopic (exact) mass is 434 g/mol. The number of nitrogens with one attached hydrogen (secondary N) is 2. The highest BCUT2D eigenvalue weighted by Gasteiger charge is 2.27. The van der Waals surface area contributed by atoms with Crippen molar-refractivity contribution in [2.75, 3.05) is 57.0 Å². The Bertz CT molecular complexity index is 817. The Balaban J connectivity index is 1.37. The summed E-state index contributed by atoms with van der Waals surface area (Å²) >= 11 is 0. The molecule has 2 heterocycles. The van der Waals surface area contributed by atoms with Crippen molar-refractivity contribution >= 4 is 21.8 Å². The van der Waals surface area contributed by atoms with Gasteiger partial charge in [0.1, 0.15) is 5.82 Å². The van der Waals surface area contributed by atoms with E-state index in [0.717, 1.165) is 18.8 Å². The minimum atomic E-state index is -3.30. The summed E-state index contributed by atoms with van der Waals surface area (Å²) in [5.41, 5.74) is 1.51. The fourth-order valence-corrected chi connectivity index (χ4v) is 5.20. The molecular weight excluding hydrogens is 400 g/mol. The van der Waals surface area contributed by atoms with Crippen molar-refractivity contribution in [3.05, 3.63) is 36.0 Å². The lowest BCUT2D eigenvalue weighted by Crippen LogP contribution is -2.50. The second-order valence-corrected chi connectivity index (χ2v) is 9.76. The molecule has 1 aromatic rings. The van der Waals surface area contributed by atoms with Gasteiger partial charge in [0, 0.05) is 52.5 Å². The van der Waals surface area contributed by atoms with Crippen LogP contribution in [-0.4, -0.2) is 75.7 Å². The molecule has 3 rings (SSSR count). The second-order valence-electron chi connectivity index (χ2n) is 7.67. The van der Waals surface area contributed by atoms with Gasteiger partial charge in [-0.15, -0.1) is 0 Å². The Hall–Kier alpha value is -2.13. The summed E-state index contributed by atoms with van der Waals surface area (Å²) in [5, 5.41) is 6.41. The lowest BCUT2D eigenvalue weighted by Gasteiger charge is -2.34. The zero-order valence-corrected chi connectivity index (χ0v) is 18.7. The summed E-state index contributed by atoms with van der Waals surface area (Å²) < 4.78 is 27.0. The van der Waals surface area contributed by atoms with E-state index in [2.05, 4.69) is 31.6 Å². The average molecular weight is 435 g/mol. The van der Waals surface area contributed by atoms with Crippen LogP contribution < -0.4 is 15.5 Å². The van der Waals surface area contributed by atoms with Crippen LogP contribution in [0.1, 0.15) is 32.1 Å². The standard InChI is InChI=1S/C21H34N6O2S/c1-22-21(24-12-10-19-7-3-2-4-8-19)25-13-18-30(28,29)27-16-14-26(15-17-27)20-9-5-6-11-23-20/h5-7,9,11H,2-4,8,10,12-18H2,1H3,(H2,22,24,25). The number of pyridine rings is 1. The van der Waals surface area contributed by atoms with Gasteiger partial charge in [-0.3, -0.25) is 4.99 Å². The molecule has 2 N–H and O–H groups in total. The van der Waals surface area contributed by atoms with Crippen LogP contribution in [0, 0.1) is 0 Å². The van der Waals surface area contributed by atoms with Gasteiger partial charge in [-0.1, -0.05) is 17.7 Å². The van der Waals surface area contributed by atoms with Crippen LogP contribution in [0.15, 0.2) is 41.0 Å². The number of sulfonamides is 1. The number of guanidine groups is 1. The van der Waals surface area contributed by atoms with Gasteiger partial charge in [-0.05, 0) is 44.2 Å². The molecule has 0 bridgehead atoms. The predicted octanol–water partition coefficient (Wildman–Crippen LogP) is 1.59. The summed E-state index contributed by atoms with van der Waals surface area (Å²) in [6.07, 6.45) is 10.1. The lowest BCUT2D eigenvalue weighted by molar-refractivity contribution is 0.384. The molecule has 1 aromatic heterocycles. The van der Waals surface area contributed by atoms with Crippen LogP contribution in [0.25, 0.3) is 0 Å². The highest BCUT2D eigenvalue weighted by molar-refractivity contribution is 7.89. The van der Waals surface area contributed by atoms with Crippen LogP contribution in [0.5, 0.6) is 0 Å². The van der Waals surface area contributed by atoms with Gasteiger partial charge in [0.2, 0.25) is 10.0 Å². The lowest BCUT2D eigenvalue weighted by atomic mass is 9.97.